The summed E-state index contributed by atoms with van der Waals surface area (Å²) in [5.41, 5.74) is 0.219. The minimum absolute atomic E-state index is 0.219. The van der Waals surface area contributed by atoms with Gasteiger partial charge in [0.05, 0.1) is 0 Å². The topological polar surface area (TPSA) is 41.1 Å². The summed E-state index contributed by atoms with van der Waals surface area (Å²) in [4.78, 5) is 11.5. The first kappa shape index (κ1) is 10.4. The molecule has 5 heteroatoms. The Morgan fingerprint density at radius 3 is 2.87 bits per heavy atom. The highest BCUT2D eigenvalue weighted by Crippen LogP contribution is 2.26. The number of halogens is 2. The van der Waals surface area contributed by atoms with Gasteiger partial charge in [0.2, 0.25) is 5.91 Å². The zero-order chi connectivity index (χ0) is 10.8. The summed E-state index contributed by atoms with van der Waals surface area (Å²) in [6.45, 7) is 1.17. The molecule has 2 rings (SSSR count). The van der Waals surface area contributed by atoms with Crippen molar-refractivity contribution in [3.8, 4) is 0 Å². The number of amides is 1. The van der Waals surface area contributed by atoms with E-state index in [1.54, 1.807) is 6.07 Å². The van der Waals surface area contributed by atoms with Crippen LogP contribution in [0.3, 0.4) is 0 Å². The van der Waals surface area contributed by atoms with Gasteiger partial charge in [-0.2, -0.15) is 0 Å². The molecular weight excluding hydrogens is 219 g/mol. The molecule has 0 radical (unpaired) electrons. The monoisotopic (exact) mass is 228 g/mol. The molecule has 1 unspecified atom stereocenters. The van der Waals surface area contributed by atoms with Crippen LogP contribution in [-0.4, -0.2) is 19.0 Å². The number of carbonyl (C=O) groups excluding carboxylic acids is 1. The van der Waals surface area contributed by atoms with Crippen LogP contribution in [0, 0.1) is 5.82 Å². The zero-order valence-corrected chi connectivity index (χ0v) is 8.64. The predicted molar refractivity (Wildman–Crippen MR) is 55.2 cm³/mol. The fraction of sp³-hybridized carbons (Fsp3) is 0.300. The molecule has 0 bridgehead atoms. The van der Waals surface area contributed by atoms with Crippen molar-refractivity contribution in [1.82, 2.24) is 10.6 Å². The molecular formula is C10H10ClFN2O. The average molecular weight is 229 g/mol. The maximum atomic E-state index is 13.5. The second-order valence-electron chi connectivity index (χ2n) is 3.31. The summed E-state index contributed by atoms with van der Waals surface area (Å²) in [5.74, 6) is -0.703. The fourth-order valence-corrected chi connectivity index (χ4v) is 1.89. The van der Waals surface area contributed by atoms with Gasteiger partial charge in [0.1, 0.15) is 11.9 Å². The van der Waals surface area contributed by atoms with Crippen LogP contribution in [0.25, 0.3) is 0 Å². The van der Waals surface area contributed by atoms with E-state index in [2.05, 4.69) is 10.6 Å². The second kappa shape index (κ2) is 4.16. The van der Waals surface area contributed by atoms with Gasteiger partial charge >= 0.3 is 0 Å². The minimum Gasteiger partial charge on any atom is -0.353 e. The summed E-state index contributed by atoms with van der Waals surface area (Å²) in [5, 5.41) is 5.86. The van der Waals surface area contributed by atoms with Gasteiger partial charge in [0.25, 0.3) is 0 Å². The first-order valence-corrected chi connectivity index (χ1v) is 5.03. The molecule has 1 saturated heterocycles. The Morgan fingerprint density at radius 2 is 2.20 bits per heavy atom. The molecule has 15 heavy (non-hydrogen) atoms. The Kier molecular flexibility index (Phi) is 2.88. The molecule has 3 nitrogen and oxygen atoms in total. The standard InChI is InChI=1S/C10H10ClFN2O/c11-6-2-1-3-7(12)8(6)9-10(15)14-5-4-13-9/h1-3,9,13H,4-5H2,(H,14,15). The second-order valence-corrected chi connectivity index (χ2v) is 3.72. The van der Waals surface area contributed by atoms with Crippen molar-refractivity contribution in [2.45, 2.75) is 6.04 Å². The van der Waals surface area contributed by atoms with Crippen LogP contribution in [-0.2, 0) is 4.79 Å². The molecule has 1 heterocycles. The lowest BCUT2D eigenvalue weighted by molar-refractivity contribution is -0.124. The third-order valence-corrected chi connectivity index (χ3v) is 2.65. The first-order chi connectivity index (χ1) is 7.20. The Hall–Kier alpha value is -1.13. The number of carbonyl (C=O) groups is 1. The largest absolute Gasteiger partial charge is 0.353 e. The maximum absolute atomic E-state index is 13.5. The predicted octanol–water partition coefficient (Wildman–Crippen LogP) is 1.24. The molecule has 0 aromatic heterocycles. The highest BCUT2D eigenvalue weighted by Gasteiger charge is 2.27. The van der Waals surface area contributed by atoms with Gasteiger partial charge in [0, 0.05) is 23.7 Å². The number of rotatable bonds is 1. The molecule has 0 saturated carbocycles. The normalized spacial score (nSPS) is 21.2. The van der Waals surface area contributed by atoms with Crippen LogP contribution in [0.2, 0.25) is 5.02 Å². The van der Waals surface area contributed by atoms with Crippen LogP contribution in [0.5, 0.6) is 0 Å². The van der Waals surface area contributed by atoms with Crippen molar-refractivity contribution in [2.24, 2.45) is 0 Å². The Labute approximate surface area is 91.6 Å². The number of hydrogen-bond donors (Lipinski definition) is 2. The number of hydrogen-bond acceptors (Lipinski definition) is 2. The third-order valence-electron chi connectivity index (χ3n) is 2.32. The Balaban J connectivity index is 2.39. The van der Waals surface area contributed by atoms with Gasteiger partial charge in [-0.1, -0.05) is 17.7 Å². The van der Waals surface area contributed by atoms with Crippen LogP contribution >= 0.6 is 11.6 Å². The number of piperazine rings is 1. The van der Waals surface area contributed by atoms with Crippen molar-refractivity contribution in [2.75, 3.05) is 13.1 Å². The van der Waals surface area contributed by atoms with Crippen LogP contribution in [0.1, 0.15) is 11.6 Å². The molecule has 1 amide bonds. The van der Waals surface area contributed by atoms with Gasteiger partial charge in [-0.3, -0.25) is 4.79 Å². The molecule has 0 aliphatic carbocycles. The first-order valence-electron chi connectivity index (χ1n) is 4.65. The van der Waals surface area contributed by atoms with E-state index in [4.69, 9.17) is 11.6 Å². The van der Waals surface area contributed by atoms with Gasteiger partial charge < -0.3 is 10.6 Å². The lowest BCUT2D eigenvalue weighted by Gasteiger charge is -2.24. The highest BCUT2D eigenvalue weighted by atomic mass is 35.5. The van der Waals surface area contributed by atoms with E-state index in [0.717, 1.165) is 0 Å². The molecule has 1 aliphatic heterocycles. The van der Waals surface area contributed by atoms with Gasteiger partial charge in [-0.15, -0.1) is 0 Å². The van der Waals surface area contributed by atoms with Crippen molar-refractivity contribution >= 4 is 17.5 Å². The summed E-state index contributed by atoms with van der Waals surface area (Å²) in [7, 11) is 0. The molecule has 1 fully saturated rings. The number of nitrogens with one attached hydrogen (secondary N) is 2. The van der Waals surface area contributed by atoms with E-state index in [9.17, 15) is 9.18 Å². The molecule has 1 aromatic rings. The van der Waals surface area contributed by atoms with E-state index in [1.807, 2.05) is 0 Å². The summed E-state index contributed by atoms with van der Waals surface area (Å²) in [6.07, 6.45) is 0. The van der Waals surface area contributed by atoms with Crippen molar-refractivity contribution in [1.29, 1.82) is 0 Å². The van der Waals surface area contributed by atoms with E-state index < -0.39 is 11.9 Å². The molecule has 0 spiro atoms. The highest BCUT2D eigenvalue weighted by molar-refractivity contribution is 6.31. The van der Waals surface area contributed by atoms with Gasteiger partial charge in [-0.05, 0) is 12.1 Å². The molecule has 80 valence electrons. The minimum atomic E-state index is -0.688. The lowest BCUT2D eigenvalue weighted by Crippen LogP contribution is -2.47. The average Bonchev–Trinajstić information content (AvgIpc) is 2.20. The molecule has 1 atom stereocenters. The molecule has 1 aromatic carbocycles. The van der Waals surface area contributed by atoms with Crippen LogP contribution in [0.4, 0.5) is 4.39 Å². The van der Waals surface area contributed by atoms with Crippen molar-refractivity contribution in [3.63, 3.8) is 0 Å². The third kappa shape index (κ3) is 1.96. The summed E-state index contributed by atoms with van der Waals surface area (Å²) < 4.78 is 13.5. The molecule has 2 N–H and O–H groups in total. The van der Waals surface area contributed by atoms with E-state index in [1.165, 1.54) is 12.1 Å². The van der Waals surface area contributed by atoms with Gasteiger partial charge in [-0.25, -0.2) is 4.39 Å². The zero-order valence-electron chi connectivity index (χ0n) is 7.89. The summed E-state index contributed by atoms with van der Waals surface area (Å²) >= 11 is 5.87. The van der Waals surface area contributed by atoms with E-state index in [0.29, 0.717) is 13.1 Å². The quantitative estimate of drug-likeness (QED) is 0.760. The van der Waals surface area contributed by atoms with E-state index >= 15 is 0 Å². The maximum Gasteiger partial charge on any atom is 0.241 e. The SMILES string of the molecule is O=C1NCCNC1c1c(F)cccc1Cl. The Bertz CT molecular complexity index is 377. The Morgan fingerprint density at radius 1 is 1.40 bits per heavy atom. The van der Waals surface area contributed by atoms with Crippen molar-refractivity contribution in [3.05, 3.63) is 34.6 Å². The fourth-order valence-electron chi connectivity index (χ4n) is 1.62. The molecule has 1 aliphatic rings. The van der Waals surface area contributed by atoms with Crippen LogP contribution in [0.15, 0.2) is 18.2 Å². The van der Waals surface area contributed by atoms with Gasteiger partial charge in [0.15, 0.2) is 0 Å². The lowest BCUT2D eigenvalue weighted by atomic mass is 10.0. The smallest absolute Gasteiger partial charge is 0.241 e. The van der Waals surface area contributed by atoms with Crippen molar-refractivity contribution < 1.29 is 9.18 Å². The van der Waals surface area contributed by atoms with Crippen LogP contribution < -0.4 is 10.6 Å². The summed E-state index contributed by atoms with van der Waals surface area (Å²) in [6, 6.07) is 3.70. The number of benzene rings is 1. The van der Waals surface area contributed by atoms with E-state index in [-0.39, 0.29) is 16.5 Å².